The highest BCUT2D eigenvalue weighted by Gasteiger charge is 2.52. The summed E-state index contributed by atoms with van der Waals surface area (Å²) in [4.78, 5) is 44.3. The van der Waals surface area contributed by atoms with Gasteiger partial charge in [0.05, 0.1) is 24.4 Å². The number of anilines is 1. The van der Waals surface area contributed by atoms with E-state index in [1.165, 1.54) is 0 Å². The zero-order valence-corrected chi connectivity index (χ0v) is 20.2. The molecule has 0 bridgehead atoms. The van der Waals surface area contributed by atoms with E-state index in [1.807, 2.05) is 57.4 Å². The van der Waals surface area contributed by atoms with E-state index in [0.29, 0.717) is 30.6 Å². The molecule has 2 aliphatic rings. The third-order valence-corrected chi connectivity index (χ3v) is 6.92. The molecule has 0 aromatic heterocycles. The topological polar surface area (TPSA) is 82.2 Å². The van der Waals surface area contributed by atoms with Gasteiger partial charge in [-0.1, -0.05) is 24.3 Å². The summed E-state index contributed by atoms with van der Waals surface area (Å²) < 4.78 is 5.23. The van der Waals surface area contributed by atoms with Gasteiger partial charge >= 0.3 is 0 Å². The van der Waals surface area contributed by atoms with Gasteiger partial charge in [-0.25, -0.2) is 0 Å². The van der Waals surface area contributed by atoms with Crippen molar-refractivity contribution >= 4 is 23.4 Å². The van der Waals surface area contributed by atoms with Crippen LogP contribution in [0.1, 0.15) is 48.1 Å². The van der Waals surface area contributed by atoms with Gasteiger partial charge in [0.25, 0.3) is 5.91 Å². The first kappa shape index (κ1) is 23.8. The molecule has 180 valence electrons. The molecule has 0 saturated carbocycles. The summed E-state index contributed by atoms with van der Waals surface area (Å²) in [5.74, 6) is 0.518. The Morgan fingerprint density at radius 3 is 2.53 bits per heavy atom. The van der Waals surface area contributed by atoms with Crippen LogP contribution in [0.2, 0.25) is 0 Å². The molecule has 8 heteroatoms. The zero-order valence-electron chi connectivity index (χ0n) is 20.2. The van der Waals surface area contributed by atoms with Gasteiger partial charge in [0, 0.05) is 25.9 Å². The maximum atomic E-state index is 13.3. The summed E-state index contributed by atoms with van der Waals surface area (Å²) >= 11 is 0. The number of benzene rings is 2. The van der Waals surface area contributed by atoms with Crippen LogP contribution in [-0.2, 0) is 9.59 Å². The third kappa shape index (κ3) is 4.25. The predicted molar refractivity (Wildman–Crippen MR) is 130 cm³/mol. The van der Waals surface area contributed by atoms with Crippen molar-refractivity contribution in [3.8, 4) is 5.75 Å². The van der Waals surface area contributed by atoms with E-state index in [1.54, 1.807) is 29.0 Å². The zero-order chi connectivity index (χ0) is 24.5. The lowest BCUT2D eigenvalue weighted by molar-refractivity contribution is -0.121. The number of methoxy groups -OCH3 is 1. The molecule has 2 atom stereocenters. The van der Waals surface area contributed by atoms with Gasteiger partial charge in [-0.2, -0.15) is 0 Å². The molecule has 2 aliphatic heterocycles. The van der Waals surface area contributed by atoms with E-state index < -0.39 is 5.66 Å². The number of para-hydroxylation sites is 1. The summed E-state index contributed by atoms with van der Waals surface area (Å²) in [5, 5.41) is 3.02. The van der Waals surface area contributed by atoms with Crippen molar-refractivity contribution in [1.82, 2.24) is 15.1 Å². The molecule has 3 amide bonds. The largest absolute Gasteiger partial charge is 0.497 e. The number of ether oxygens (including phenoxy) is 1. The van der Waals surface area contributed by atoms with Crippen LogP contribution in [-0.4, -0.2) is 67.5 Å². The first-order chi connectivity index (χ1) is 16.3. The second-order valence-electron chi connectivity index (χ2n) is 9.23. The summed E-state index contributed by atoms with van der Waals surface area (Å²) in [6, 6.07) is 15.0. The number of amides is 3. The van der Waals surface area contributed by atoms with Crippen molar-refractivity contribution < 1.29 is 19.1 Å². The molecule has 0 spiro atoms. The van der Waals surface area contributed by atoms with Crippen molar-refractivity contribution in [2.75, 3.05) is 39.2 Å². The van der Waals surface area contributed by atoms with Crippen molar-refractivity contribution in [2.45, 2.75) is 37.9 Å². The molecule has 0 aliphatic carbocycles. The molecular weight excluding hydrogens is 432 g/mol. The standard InChI is InChI=1S/C26H32N4O4/c1-26-15-13-24(32)30(26)21-8-6-5-7-20(21)25(33)29(26)16-14-23(31)27-17-22(28(2)3)18-9-11-19(34-4)12-10-18/h5-12,22H,13-17H2,1-4H3,(H,27,31). The fourth-order valence-corrected chi connectivity index (χ4v) is 4.98. The lowest BCUT2D eigenvalue weighted by Gasteiger charge is -2.48. The minimum Gasteiger partial charge on any atom is -0.497 e. The molecule has 0 radical (unpaired) electrons. The number of nitrogens with one attached hydrogen (secondary N) is 1. The van der Waals surface area contributed by atoms with E-state index in [9.17, 15) is 14.4 Å². The first-order valence-corrected chi connectivity index (χ1v) is 11.6. The second kappa shape index (κ2) is 9.46. The van der Waals surface area contributed by atoms with Crippen LogP contribution in [0.25, 0.3) is 0 Å². The lowest BCUT2D eigenvalue weighted by Crippen LogP contribution is -2.62. The van der Waals surface area contributed by atoms with Crippen LogP contribution in [0.5, 0.6) is 5.75 Å². The summed E-state index contributed by atoms with van der Waals surface area (Å²) in [7, 11) is 5.57. The number of nitrogens with zero attached hydrogens (tertiary/aromatic N) is 3. The lowest BCUT2D eigenvalue weighted by atomic mass is 9.98. The van der Waals surface area contributed by atoms with Crippen LogP contribution in [0, 0.1) is 0 Å². The average Bonchev–Trinajstić information content (AvgIpc) is 3.14. The maximum absolute atomic E-state index is 13.3. The normalized spacial score (nSPS) is 20.3. The minimum atomic E-state index is -0.752. The predicted octanol–water partition coefficient (Wildman–Crippen LogP) is 2.80. The van der Waals surface area contributed by atoms with E-state index in [-0.39, 0.29) is 36.7 Å². The van der Waals surface area contributed by atoms with Crippen LogP contribution < -0.4 is 15.0 Å². The molecule has 8 nitrogen and oxygen atoms in total. The van der Waals surface area contributed by atoms with Crippen molar-refractivity contribution in [2.24, 2.45) is 0 Å². The monoisotopic (exact) mass is 464 g/mol. The number of rotatable bonds is 8. The molecule has 2 unspecified atom stereocenters. The Labute approximate surface area is 200 Å². The Hall–Kier alpha value is -3.39. The van der Waals surface area contributed by atoms with Gasteiger partial charge < -0.3 is 19.9 Å². The van der Waals surface area contributed by atoms with Crippen LogP contribution in [0.3, 0.4) is 0 Å². The number of hydrogen-bond donors (Lipinski definition) is 1. The highest BCUT2D eigenvalue weighted by Crippen LogP contribution is 2.43. The van der Waals surface area contributed by atoms with Gasteiger partial charge in [0.15, 0.2) is 0 Å². The molecule has 2 heterocycles. The summed E-state index contributed by atoms with van der Waals surface area (Å²) in [5.41, 5.74) is 1.48. The van der Waals surface area contributed by atoms with Crippen molar-refractivity contribution in [3.63, 3.8) is 0 Å². The first-order valence-electron chi connectivity index (χ1n) is 11.6. The molecule has 1 saturated heterocycles. The Bertz CT molecular complexity index is 1080. The molecule has 1 fully saturated rings. The minimum absolute atomic E-state index is 0.00110. The SMILES string of the molecule is COc1ccc(C(CNC(=O)CCN2C(=O)c3ccccc3N3C(=O)CCC23C)N(C)C)cc1. The number of carbonyl (C=O) groups is 3. The van der Waals surface area contributed by atoms with Gasteiger partial charge in [0.1, 0.15) is 11.4 Å². The maximum Gasteiger partial charge on any atom is 0.257 e. The van der Waals surface area contributed by atoms with E-state index >= 15 is 0 Å². The fourth-order valence-electron chi connectivity index (χ4n) is 4.98. The smallest absolute Gasteiger partial charge is 0.257 e. The highest BCUT2D eigenvalue weighted by atomic mass is 16.5. The third-order valence-electron chi connectivity index (χ3n) is 6.92. The van der Waals surface area contributed by atoms with E-state index in [2.05, 4.69) is 10.2 Å². The van der Waals surface area contributed by atoms with Gasteiger partial charge in [-0.3, -0.25) is 19.3 Å². The van der Waals surface area contributed by atoms with Crippen molar-refractivity contribution in [1.29, 1.82) is 0 Å². The van der Waals surface area contributed by atoms with E-state index in [0.717, 1.165) is 11.3 Å². The number of hydrogen-bond acceptors (Lipinski definition) is 5. The second-order valence-corrected chi connectivity index (χ2v) is 9.23. The van der Waals surface area contributed by atoms with Gasteiger partial charge in [0.2, 0.25) is 11.8 Å². The molecular formula is C26H32N4O4. The Kier molecular flexibility index (Phi) is 6.61. The van der Waals surface area contributed by atoms with Gasteiger partial charge in [-0.15, -0.1) is 0 Å². The Morgan fingerprint density at radius 2 is 1.85 bits per heavy atom. The van der Waals surface area contributed by atoms with E-state index in [4.69, 9.17) is 4.74 Å². The highest BCUT2D eigenvalue weighted by molar-refractivity contribution is 6.10. The number of likely N-dealkylation sites (N-methyl/N-ethyl adjacent to an activating group) is 1. The molecule has 34 heavy (non-hydrogen) atoms. The number of fused-ring (bicyclic) bond motifs is 3. The van der Waals surface area contributed by atoms with Crippen LogP contribution in [0.15, 0.2) is 48.5 Å². The Morgan fingerprint density at radius 1 is 1.15 bits per heavy atom. The fraction of sp³-hybridized carbons (Fsp3) is 0.423. The van der Waals surface area contributed by atoms with Crippen LogP contribution >= 0.6 is 0 Å². The quantitative estimate of drug-likeness (QED) is 0.650. The van der Waals surface area contributed by atoms with Gasteiger partial charge in [-0.05, 0) is 57.3 Å². The molecule has 2 aromatic carbocycles. The molecule has 1 N–H and O–H groups in total. The average molecular weight is 465 g/mol. The van der Waals surface area contributed by atoms with Crippen molar-refractivity contribution in [3.05, 3.63) is 59.7 Å². The summed E-state index contributed by atoms with van der Waals surface area (Å²) in [6.45, 7) is 2.60. The molecule has 2 aromatic rings. The van der Waals surface area contributed by atoms with Crippen LogP contribution in [0.4, 0.5) is 5.69 Å². The summed E-state index contributed by atoms with van der Waals surface area (Å²) in [6.07, 6.45) is 1.09. The Balaban J connectivity index is 1.43. The number of carbonyl (C=O) groups excluding carboxylic acids is 3. The molecule has 4 rings (SSSR count).